The third-order valence-electron chi connectivity index (χ3n) is 4.45. The van der Waals surface area contributed by atoms with Crippen molar-refractivity contribution in [2.75, 3.05) is 0 Å². The van der Waals surface area contributed by atoms with Crippen LogP contribution in [0.25, 0.3) is 10.9 Å². The van der Waals surface area contributed by atoms with Gasteiger partial charge in [0, 0.05) is 7.05 Å². The second-order valence-corrected chi connectivity index (χ2v) is 7.22. The van der Waals surface area contributed by atoms with Crippen LogP contribution in [0.15, 0.2) is 51.9 Å². The molecule has 0 aliphatic carbocycles. The minimum atomic E-state index is -1.23. The summed E-state index contributed by atoms with van der Waals surface area (Å²) in [6, 6.07) is 10.1. The number of rotatable bonds is 6. The standard InChI is InChI=1S/C19H19Cl2N3O3/c1-3-15(24(19(26)16(20)21)11-12-7-6-10-27-12)17-22-14-9-5-4-8-13(14)18(25)23(17)2/h4-10,15-16H,3,11H2,1-2H3. The smallest absolute Gasteiger partial charge is 0.261 e. The van der Waals surface area contributed by atoms with Crippen LogP contribution in [0, 0.1) is 0 Å². The molecule has 0 fully saturated rings. The minimum absolute atomic E-state index is 0.170. The molecule has 142 valence electrons. The Hall–Kier alpha value is -2.31. The molecule has 3 aromatic rings. The third-order valence-corrected chi connectivity index (χ3v) is 4.83. The number of fused-ring (bicyclic) bond motifs is 1. The fourth-order valence-corrected chi connectivity index (χ4v) is 3.36. The number of furan rings is 1. The maximum Gasteiger partial charge on any atom is 0.261 e. The van der Waals surface area contributed by atoms with Crippen LogP contribution < -0.4 is 5.56 Å². The van der Waals surface area contributed by atoms with E-state index in [2.05, 4.69) is 4.98 Å². The average molecular weight is 408 g/mol. The van der Waals surface area contributed by atoms with Gasteiger partial charge in [0.2, 0.25) is 0 Å². The van der Waals surface area contributed by atoms with Crippen LogP contribution in [0.4, 0.5) is 0 Å². The highest BCUT2D eigenvalue weighted by Gasteiger charge is 2.31. The highest BCUT2D eigenvalue weighted by molar-refractivity contribution is 6.53. The van der Waals surface area contributed by atoms with E-state index in [0.29, 0.717) is 28.9 Å². The number of para-hydroxylation sites is 1. The predicted molar refractivity (Wildman–Crippen MR) is 105 cm³/mol. The molecule has 0 N–H and O–H groups in total. The maximum atomic E-state index is 12.8. The zero-order chi connectivity index (χ0) is 19.6. The molecule has 0 bridgehead atoms. The Balaban J connectivity index is 2.12. The van der Waals surface area contributed by atoms with Gasteiger partial charge in [-0.15, -0.1) is 0 Å². The summed E-state index contributed by atoms with van der Waals surface area (Å²) in [5.41, 5.74) is 0.403. The Bertz CT molecular complexity index is 999. The molecule has 1 amide bonds. The molecule has 27 heavy (non-hydrogen) atoms. The molecule has 0 saturated heterocycles. The molecule has 8 heteroatoms. The van der Waals surface area contributed by atoms with Crippen LogP contribution in [-0.2, 0) is 18.4 Å². The van der Waals surface area contributed by atoms with Crippen LogP contribution in [0.3, 0.4) is 0 Å². The van der Waals surface area contributed by atoms with E-state index < -0.39 is 16.8 Å². The number of nitrogens with zero attached hydrogens (tertiary/aromatic N) is 3. The lowest BCUT2D eigenvalue weighted by Crippen LogP contribution is -2.40. The molecule has 1 aromatic carbocycles. The van der Waals surface area contributed by atoms with Crippen molar-refractivity contribution in [3.8, 4) is 0 Å². The molecule has 0 spiro atoms. The van der Waals surface area contributed by atoms with Gasteiger partial charge in [0.15, 0.2) is 4.84 Å². The molecule has 0 radical (unpaired) electrons. The van der Waals surface area contributed by atoms with E-state index in [-0.39, 0.29) is 12.1 Å². The van der Waals surface area contributed by atoms with Crippen LogP contribution in [0.5, 0.6) is 0 Å². The van der Waals surface area contributed by atoms with E-state index in [4.69, 9.17) is 27.6 Å². The quantitative estimate of drug-likeness (QED) is 0.582. The van der Waals surface area contributed by atoms with E-state index in [9.17, 15) is 9.59 Å². The highest BCUT2D eigenvalue weighted by Crippen LogP contribution is 2.27. The van der Waals surface area contributed by atoms with E-state index in [0.717, 1.165) is 0 Å². The van der Waals surface area contributed by atoms with Crippen molar-refractivity contribution in [1.82, 2.24) is 14.5 Å². The van der Waals surface area contributed by atoms with Crippen LogP contribution >= 0.6 is 23.2 Å². The summed E-state index contributed by atoms with van der Waals surface area (Å²) in [6.07, 6.45) is 2.05. The number of aromatic nitrogens is 2. The lowest BCUT2D eigenvalue weighted by Gasteiger charge is -2.31. The fraction of sp³-hybridized carbons (Fsp3) is 0.316. The molecular weight excluding hydrogens is 389 g/mol. The first kappa shape index (κ1) is 19.5. The first-order chi connectivity index (χ1) is 12.9. The van der Waals surface area contributed by atoms with Gasteiger partial charge in [-0.2, -0.15) is 0 Å². The van der Waals surface area contributed by atoms with Gasteiger partial charge in [0.25, 0.3) is 11.5 Å². The molecule has 1 unspecified atom stereocenters. The number of hydrogen-bond donors (Lipinski definition) is 0. The molecule has 3 rings (SSSR count). The van der Waals surface area contributed by atoms with Crippen LogP contribution in [0.2, 0.25) is 0 Å². The number of carbonyl (C=O) groups is 1. The third kappa shape index (κ3) is 3.87. The van der Waals surface area contributed by atoms with Gasteiger partial charge in [-0.05, 0) is 30.7 Å². The molecule has 2 aromatic heterocycles. The zero-order valence-electron chi connectivity index (χ0n) is 14.9. The Morgan fingerprint density at radius 1 is 1.26 bits per heavy atom. The van der Waals surface area contributed by atoms with E-state index >= 15 is 0 Å². The lowest BCUT2D eigenvalue weighted by molar-refractivity contribution is -0.133. The summed E-state index contributed by atoms with van der Waals surface area (Å²) in [4.78, 5) is 30.4. The number of halogens is 2. The monoisotopic (exact) mass is 407 g/mol. The van der Waals surface area contributed by atoms with Crippen molar-refractivity contribution in [2.24, 2.45) is 7.05 Å². The van der Waals surface area contributed by atoms with Crippen molar-refractivity contribution in [3.05, 3.63) is 64.6 Å². The molecule has 1 atom stereocenters. The molecular formula is C19H19Cl2N3O3. The average Bonchev–Trinajstić information content (AvgIpc) is 3.18. The van der Waals surface area contributed by atoms with Gasteiger partial charge >= 0.3 is 0 Å². The Morgan fingerprint density at radius 2 is 2.00 bits per heavy atom. The van der Waals surface area contributed by atoms with Crippen LogP contribution in [-0.4, -0.2) is 25.2 Å². The number of carbonyl (C=O) groups excluding carboxylic acids is 1. The molecule has 0 aliphatic rings. The molecule has 2 heterocycles. The Morgan fingerprint density at radius 3 is 2.63 bits per heavy atom. The molecule has 0 aliphatic heterocycles. The van der Waals surface area contributed by atoms with Crippen molar-refractivity contribution < 1.29 is 9.21 Å². The maximum absolute atomic E-state index is 12.8. The van der Waals surface area contributed by atoms with Gasteiger partial charge in [-0.25, -0.2) is 4.98 Å². The van der Waals surface area contributed by atoms with E-state index in [1.54, 1.807) is 37.4 Å². The van der Waals surface area contributed by atoms with E-state index in [1.165, 1.54) is 15.7 Å². The fourth-order valence-electron chi connectivity index (χ4n) is 3.11. The normalized spacial score (nSPS) is 12.5. The number of benzene rings is 1. The number of hydrogen-bond acceptors (Lipinski definition) is 4. The summed E-state index contributed by atoms with van der Waals surface area (Å²) >= 11 is 11.7. The number of amides is 1. The van der Waals surface area contributed by atoms with Crippen molar-refractivity contribution in [2.45, 2.75) is 30.8 Å². The molecule has 6 nitrogen and oxygen atoms in total. The van der Waals surface area contributed by atoms with Gasteiger partial charge in [0.05, 0.1) is 29.8 Å². The first-order valence-electron chi connectivity index (χ1n) is 8.50. The summed E-state index contributed by atoms with van der Waals surface area (Å²) < 4.78 is 6.85. The summed E-state index contributed by atoms with van der Waals surface area (Å²) in [5, 5.41) is 0.523. The Kier molecular flexibility index (Phi) is 5.87. The highest BCUT2D eigenvalue weighted by atomic mass is 35.5. The van der Waals surface area contributed by atoms with E-state index in [1.807, 2.05) is 13.0 Å². The zero-order valence-corrected chi connectivity index (χ0v) is 16.4. The van der Waals surface area contributed by atoms with Gasteiger partial charge in [-0.3, -0.25) is 14.2 Å². The molecule has 0 saturated carbocycles. The summed E-state index contributed by atoms with van der Waals surface area (Å²) in [7, 11) is 1.65. The Labute approximate surface area is 166 Å². The topological polar surface area (TPSA) is 68.3 Å². The minimum Gasteiger partial charge on any atom is -0.467 e. The lowest BCUT2D eigenvalue weighted by atomic mass is 10.1. The largest absolute Gasteiger partial charge is 0.467 e. The second-order valence-electron chi connectivity index (χ2n) is 6.12. The summed E-state index contributed by atoms with van der Waals surface area (Å²) in [6.45, 7) is 2.08. The number of alkyl halides is 2. The van der Waals surface area contributed by atoms with Crippen LogP contribution in [0.1, 0.15) is 31.0 Å². The summed E-state index contributed by atoms with van der Waals surface area (Å²) in [5.74, 6) is 0.584. The van der Waals surface area contributed by atoms with Gasteiger partial charge in [0.1, 0.15) is 11.6 Å². The SMILES string of the molecule is CCC(c1nc2ccccc2c(=O)n1C)N(Cc1ccco1)C(=O)C(Cl)Cl. The van der Waals surface area contributed by atoms with Gasteiger partial charge in [-0.1, -0.05) is 42.3 Å². The van der Waals surface area contributed by atoms with Crippen molar-refractivity contribution >= 4 is 40.0 Å². The van der Waals surface area contributed by atoms with Crippen molar-refractivity contribution in [3.63, 3.8) is 0 Å². The second kappa shape index (κ2) is 8.15. The van der Waals surface area contributed by atoms with Gasteiger partial charge < -0.3 is 9.32 Å². The predicted octanol–water partition coefficient (Wildman–Crippen LogP) is 3.81. The van der Waals surface area contributed by atoms with Crippen molar-refractivity contribution in [1.29, 1.82) is 0 Å². The first-order valence-corrected chi connectivity index (χ1v) is 9.38.